The maximum atomic E-state index is 5.70. The lowest BCUT2D eigenvalue weighted by atomic mass is 10.2. The second kappa shape index (κ2) is 5.73. The van der Waals surface area contributed by atoms with Crippen LogP contribution in [0.2, 0.25) is 0 Å². The second-order valence-electron chi connectivity index (χ2n) is 3.90. The number of nitrogens with one attached hydrogen (secondary N) is 1. The van der Waals surface area contributed by atoms with Gasteiger partial charge in [-0.2, -0.15) is 4.98 Å². The highest BCUT2D eigenvalue weighted by molar-refractivity contribution is 7.99. The van der Waals surface area contributed by atoms with Crippen molar-refractivity contribution in [3.05, 3.63) is 35.9 Å². The summed E-state index contributed by atoms with van der Waals surface area (Å²) in [5, 5.41) is 3.99. The molecule has 0 aliphatic carbocycles. The van der Waals surface area contributed by atoms with Crippen molar-refractivity contribution in [2.75, 3.05) is 17.6 Å². The smallest absolute Gasteiger partial charge is 0.223 e. The molecule has 1 aromatic carbocycles. The number of hydrogen-bond acceptors (Lipinski definition) is 5. The SMILES string of the molecule is CCNc1cc(Sc2cccc(C)c2)nc(N)n1. The van der Waals surface area contributed by atoms with E-state index in [4.69, 9.17) is 5.73 Å². The fourth-order valence-electron chi connectivity index (χ4n) is 1.57. The van der Waals surface area contributed by atoms with E-state index in [0.29, 0.717) is 5.95 Å². The van der Waals surface area contributed by atoms with Gasteiger partial charge in [-0.15, -0.1) is 0 Å². The predicted octanol–water partition coefficient (Wildman–Crippen LogP) is 2.95. The standard InChI is InChI=1S/C13H16N4S/c1-3-15-11-8-12(17-13(14)16-11)18-10-6-4-5-9(2)7-10/h4-8H,3H2,1-2H3,(H3,14,15,16,17). The van der Waals surface area contributed by atoms with Crippen molar-refractivity contribution in [2.24, 2.45) is 0 Å². The molecule has 0 spiro atoms. The number of aromatic nitrogens is 2. The molecule has 1 aromatic heterocycles. The minimum Gasteiger partial charge on any atom is -0.370 e. The molecule has 0 radical (unpaired) electrons. The minimum atomic E-state index is 0.295. The largest absolute Gasteiger partial charge is 0.370 e. The molecule has 0 saturated heterocycles. The Kier molecular flexibility index (Phi) is 4.04. The minimum absolute atomic E-state index is 0.295. The first-order valence-electron chi connectivity index (χ1n) is 5.80. The molecule has 0 aliphatic heterocycles. The quantitative estimate of drug-likeness (QED) is 0.827. The molecule has 5 heteroatoms. The van der Waals surface area contributed by atoms with Gasteiger partial charge in [0.25, 0.3) is 0 Å². The number of anilines is 2. The lowest BCUT2D eigenvalue weighted by Gasteiger charge is -2.06. The Morgan fingerprint density at radius 1 is 1.28 bits per heavy atom. The number of rotatable bonds is 4. The van der Waals surface area contributed by atoms with Crippen LogP contribution in [0.5, 0.6) is 0 Å². The molecule has 3 N–H and O–H groups in total. The average molecular weight is 260 g/mol. The van der Waals surface area contributed by atoms with Gasteiger partial charge >= 0.3 is 0 Å². The average Bonchev–Trinajstić information content (AvgIpc) is 2.28. The summed E-state index contributed by atoms with van der Waals surface area (Å²) in [6.45, 7) is 4.90. The number of aryl methyl sites for hydroxylation is 1. The van der Waals surface area contributed by atoms with Crippen molar-refractivity contribution in [3.8, 4) is 0 Å². The highest BCUT2D eigenvalue weighted by Gasteiger charge is 2.04. The lowest BCUT2D eigenvalue weighted by Crippen LogP contribution is -2.03. The van der Waals surface area contributed by atoms with E-state index in [2.05, 4.69) is 40.4 Å². The summed E-state index contributed by atoms with van der Waals surface area (Å²) >= 11 is 1.58. The molecule has 0 amide bonds. The van der Waals surface area contributed by atoms with Crippen LogP contribution in [-0.4, -0.2) is 16.5 Å². The summed E-state index contributed by atoms with van der Waals surface area (Å²) in [5.41, 5.74) is 6.93. The van der Waals surface area contributed by atoms with E-state index in [1.54, 1.807) is 11.8 Å². The summed E-state index contributed by atoms with van der Waals surface area (Å²) in [7, 11) is 0. The molecular formula is C13H16N4S. The van der Waals surface area contributed by atoms with E-state index >= 15 is 0 Å². The molecule has 0 unspecified atom stereocenters. The molecule has 94 valence electrons. The topological polar surface area (TPSA) is 63.8 Å². The fraction of sp³-hybridized carbons (Fsp3) is 0.231. The van der Waals surface area contributed by atoms with Crippen LogP contribution in [0.4, 0.5) is 11.8 Å². The van der Waals surface area contributed by atoms with Crippen LogP contribution in [0.3, 0.4) is 0 Å². The maximum Gasteiger partial charge on any atom is 0.223 e. The third kappa shape index (κ3) is 3.37. The molecular weight excluding hydrogens is 244 g/mol. The lowest BCUT2D eigenvalue weighted by molar-refractivity contribution is 1.04. The molecule has 2 aromatic rings. The molecule has 0 aliphatic rings. The molecule has 0 fully saturated rings. The Hall–Kier alpha value is -1.75. The molecule has 2 rings (SSSR count). The van der Waals surface area contributed by atoms with Crippen molar-refractivity contribution in [1.29, 1.82) is 0 Å². The first-order valence-corrected chi connectivity index (χ1v) is 6.62. The number of hydrogen-bond donors (Lipinski definition) is 2. The summed E-state index contributed by atoms with van der Waals surface area (Å²) in [4.78, 5) is 9.50. The van der Waals surface area contributed by atoms with Gasteiger partial charge in [-0.1, -0.05) is 29.5 Å². The molecule has 0 saturated carbocycles. The maximum absolute atomic E-state index is 5.70. The normalized spacial score (nSPS) is 10.3. The first kappa shape index (κ1) is 12.7. The molecule has 18 heavy (non-hydrogen) atoms. The number of benzene rings is 1. The zero-order valence-electron chi connectivity index (χ0n) is 10.5. The highest BCUT2D eigenvalue weighted by Crippen LogP contribution is 2.28. The van der Waals surface area contributed by atoms with Crippen LogP contribution >= 0.6 is 11.8 Å². The predicted molar refractivity (Wildman–Crippen MR) is 75.9 cm³/mol. The van der Waals surface area contributed by atoms with E-state index in [1.165, 1.54) is 5.56 Å². The second-order valence-corrected chi connectivity index (χ2v) is 4.99. The van der Waals surface area contributed by atoms with Crippen LogP contribution in [0.15, 0.2) is 40.3 Å². The Balaban J connectivity index is 2.23. The Morgan fingerprint density at radius 2 is 2.11 bits per heavy atom. The Bertz CT molecular complexity index is 542. The summed E-state index contributed by atoms with van der Waals surface area (Å²) in [6.07, 6.45) is 0. The van der Waals surface area contributed by atoms with Crippen LogP contribution < -0.4 is 11.1 Å². The number of nitrogen functional groups attached to an aromatic ring is 1. The molecule has 0 atom stereocenters. The van der Waals surface area contributed by atoms with Gasteiger partial charge in [0.2, 0.25) is 5.95 Å². The zero-order chi connectivity index (χ0) is 13.0. The van der Waals surface area contributed by atoms with Crippen LogP contribution in [0, 0.1) is 6.92 Å². The van der Waals surface area contributed by atoms with Crippen molar-refractivity contribution < 1.29 is 0 Å². The molecule has 4 nitrogen and oxygen atoms in total. The number of nitrogens with two attached hydrogens (primary N) is 1. The summed E-state index contributed by atoms with van der Waals surface area (Å²) in [6, 6.07) is 10.2. The van der Waals surface area contributed by atoms with E-state index in [9.17, 15) is 0 Å². The zero-order valence-corrected chi connectivity index (χ0v) is 11.3. The Morgan fingerprint density at radius 3 is 2.83 bits per heavy atom. The van der Waals surface area contributed by atoms with Crippen molar-refractivity contribution in [2.45, 2.75) is 23.8 Å². The third-order valence-corrected chi connectivity index (χ3v) is 3.20. The first-order chi connectivity index (χ1) is 8.67. The van der Waals surface area contributed by atoms with Gasteiger partial charge in [0.1, 0.15) is 10.8 Å². The van der Waals surface area contributed by atoms with Gasteiger partial charge in [-0.05, 0) is 26.0 Å². The van der Waals surface area contributed by atoms with Gasteiger partial charge in [-0.25, -0.2) is 4.98 Å². The van der Waals surface area contributed by atoms with Gasteiger partial charge in [-0.3, -0.25) is 0 Å². The van der Waals surface area contributed by atoms with Crippen LogP contribution in [-0.2, 0) is 0 Å². The summed E-state index contributed by atoms with van der Waals surface area (Å²) < 4.78 is 0. The summed E-state index contributed by atoms with van der Waals surface area (Å²) in [5.74, 6) is 1.06. The van der Waals surface area contributed by atoms with Gasteiger partial charge in [0.05, 0.1) is 0 Å². The Labute approximate surface area is 111 Å². The van der Waals surface area contributed by atoms with Crippen LogP contribution in [0.25, 0.3) is 0 Å². The molecule has 1 heterocycles. The van der Waals surface area contributed by atoms with Crippen molar-refractivity contribution >= 4 is 23.5 Å². The third-order valence-electron chi connectivity index (χ3n) is 2.29. The molecule has 0 bridgehead atoms. The van der Waals surface area contributed by atoms with E-state index in [0.717, 1.165) is 22.3 Å². The van der Waals surface area contributed by atoms with Crippen LogP contribution in [0.1, 0.15) is 12.5 Å². The van der Waals surface area contributed by atoms with E-state index < -0.39 is 0 Å². The van der Waals surface area contributed by atoms with E-state index in [1.807, 2.05) is 19.1 Å². The van der Waals surface area contributed by atoms with Gasteiger partial charge in [0, 0.05) is 17.5 Å². The number of nitrogens with zero attached hydrogens (tertiary/aromatic N) is 2. The van der Waals surface area contributed by atoms with Gasteiger partial charge in [0.15, 0.2) is 0 Å². The highest BCUT2D eigenvalue weighted by atomic mass is 32.2. The van der Waals surface area contributed by atoms with Crippen molar-refractivity contribution in [3.63, 3.8) is 0 Å². The van der Waals surface area contributed by atoms with Crippen molar-refractivity contribution in [1.82, 2.24) is 9.97 Å². The van der Waals surface area contributed by atoms with E-state index in [-0.39, 0.29) is 0 Å². The fourth-order valence-corrected chi connectivity index (χ4v) is 2.51. The van der Waals surface area contributed by atoms with Gasteiger partial charge < -0.3 is 11.1 Å². The monoisotopic (exact) mass is 260 g/mol.